The Balaban J connectivity index is 3.31. The van der Waals surface area contributed by atoms with Gasteiger partial charge in [0.25, 0.3) is 6.43 Å². The van der Waals surface area contributed by atoms with Crippen LogP contribution in [0.3, 0.4) is 0 Å². The van der Waals surface area contributed by atoms with Crippen LogP contribution >= 0.6 is 15.9 Å². The Morgan fingerprint density at radius 1 is 1.60 bits per heavy atom. The van der Waals surface area contributed by atoms with E-state index in [0.29, 0.717) is 0 Å². The van der Waals surface area contributed by atoms with E-state index in [-0.39, 0.29) is 10.0 Å². The third kappa shape index (κ3) is 2.47. The van der Waals surface area contributed by atoms with Gasteiger partial charge >= 0.3 is 5.97 Å². The van der Waals surface area contributed by atoms with Crippen LogP contribution in [0.1, 0.15) is 22.5 Å². The van der Waals surface area contributed by atoms with Crippen molar-refractivity contribution in [3.8, 4) is 0 Å². The molecule has 0 aromatic carbocycles. The van der Waals surface area contributed by atoms with E-state index in [1.54, 1.807) is 0 Å². The highest BCUT2D eigenvalue weighted by Crippen LogP contribution is 2.25. The summed E-state index contributed by atoms with van der Waals surface area (Å²) in [5, 5.41) is 0. The van der Waals surface area contributed by atoms with Gasteiger partial charge < -0.3 is 4.74 Å². The zero-order valence-corrected chi connectivity index (χ0v) is 9.02. The fourth-order valence-corrected chi connectivity index (χ4v) is 1.25. The molecule has 7 heteroatoms. The van der Waals surface area contributed by atoms with Crippen LogP contribution in [-0.4, -0.2) is 18.1 Å². The van der Waals surface area contributed by atoms with E-state index in [1.807, 2.05) is 0 Å². The molecule has 0 aliphatic carbocycles. The van der Waals surface area contributed by atoms with E-state index >= 15 is 0 Å². The maximum Gasteiger partial charge on any atom is 0.339 e. The van der Waals surface area contributed by atoms with E-state index in [1.165, 1.54) is 0 Å². The molecule has 0 aliphatic heterocycles. The zero-order valence-electron chi connectivity index (χ0n) is 7.43. The number of hydrogen-bond donors (Lipinski definition) is 0. The molecule has 0 aliphatic rings. The Bertz CT molecular complexity index is 398. The molecule has 3 nitrogen and oxygen atoms in total. The Morgan fingerprint density at radius 3 is 2.67 bits per heavy atom. The van der Waals surface area contributed by atoms with Gasteiger partial charge in [-0.15, -0.1) is 0 Å². The highest BCUT2D eigenvalue weighted by atomic mass is 79.9. The molecule has 0 N–H and O–H groups in total. The fourth-order valence-electron chi connectivity index (χ4n) is 0.887. The number of aromatic nitrogens is 1. The van der Waals surface area contributed by atoms with E-state index in [4.69, 9.17) is 0 Å². The molecule has 0 saturated carbocycles. The summed E-state index contributed by atoms with van der Waals surface area (Å²) < 4.78 is 41.5. The molecule has 1 aromatic rings. The van der Waals surface area contributed by atoms with Crippen molar-refractivity contribution in [1.29, 1.82) is 0 Å². The first-order valence-electron chi connectivity index (χ1n) is 3.69. The molecule has 0 bridgehead atoms. The van der Waals surface area contributed by atoms with Crippen LogP contribution in [0, 0.1) is 5.95 Å². The van der Waals surface area contributed by atoms with Gasteiger partial charge in [0.15, 0.2) is 0 Å². The number of carbonyl (C=O) groups is 1. The molecule has 0 unspecified atom stereocenters. The lowest BCUT2D eigenvalue weighted by molar-refractivity contribution is 0.0598. The normalized spacial score (nSPS) is 10.5. The molecule has 0 atom stereocenters. The molecule has 0 amide bonds. The number of halogens is 4. The van der Waals surface area contributed by atoms with Crippen LogP contribution in [0.2, 0.25) is 0 Å². The number of pyridine rings is 1. The molecule has 82 valence electrons. The van der Waals surface area contributed by atoms with E-state index in [0.717, 1.165) is 13.2 Å². The summed E-state index contributed by atoms with van der Waals surface area (Å²) in [6.45, 7) is 0. The fraction of sp³-hybridized carbons (Fsp3) is 0.250. The lowest BCUT2D eigenvalue weighted by Gasteiger charge is -2.05. The third-order valence-corrected chi connectivity index (χ3v) is 2.32. The van der Waals surface area contributed by atoms with Crippen molar-refractivity contribution >= 4 is 21.9 Å². The van der Waals surface area contributed by atoms with E-state index in [9.17, 15) is 18.0 Å². The summed E-state index contributed by atoms with van der Waals surface area (Å²) in [7, 11) is 1.06. The van der Waals surface area contributed by atoms with Gasteiger partial charge in [-0.05, 0) is 22.0 Å². The van der Waals surface area contributed by atoms with Gasteiger partial charge in [-0.2, -0.15) is 4.39 Å². The Morgan fingerprint density at radius 2 is 2.20 bits per heavy atom. The lowest BCUT2D eigenvalue weighted by Crippen LogP contribution is -2.07. The second-order valence-electron chi connectivity index (χ2n) is 2.49. The summed E-state index contributed by atoms with van der Waals surface area (Å²) in [6, 6.07) is 0.781. The summed E-state index contributed by atoms with van der Waals surface area (Å²) in [5.41, 5.74) is -1.13. The van der Waals surface area contributed by atoms with Crippen molar-refractivity contribution in [2.45, 2.75) is 6.43 Å². The lowest BCUT2D eigenvalue weighted by atomic mass is 10.2. The van der Waals surface area contributed by atoms with Crippen molar-refractivity contribution < 1.29 is 22.7 Å². The monoisotopic (exact) mass is 283 g/mol. The summed E-state index contributed by atoms with van der Waals surface area (Å²) in [5.74, 6) is -2.08. The Kier molecular flexibility index (Phi) is 3.67. The summed E-state index contributed by atoms with van der Waals surface area (Å²) in [6.07, 6.45) is -2.95. The smallest absolute Gasteiger partial charge is 0.339 e. The van der Waals surface area contributed by atoms with Crippen molar-refractivity contribution in [2.75, 3.05) is 7.11 Å². The predicted molar refractivity (Wildman–Crippen MR) is 48.2 cm³/mol. The first-order chi connectivity index (χ1) is 6.97. The largest absolute Gasteiger partial charge is 0.465 e. The number of nitrogens with zero attached hydrogens (tertiary/aromatic N) is 1. The second-order valence-corrected chi connectivity index (χ2v) is 3.28. The summed E-state index contributed by atoms with van der Waals surface area (Å²) in [4.78, 5) is 14.0. The minimum absolute atomic E-state index is 0.293. The molecule has 0 radical (unpaired) electrons. The first-order valence-corrected chi connectivity index (χ1v) is 4.49. The number of methoxy groups -OCH3 is 1. The standard InChI is InChI=1S/C8H5BrF3NO2/c1-15-8(14)3-2-4(6(10)11)13-7(12)5(3)9/h2,6H,1H3. The van der Waals surface area contributed by atoms with Gasteiger partial charge in [0.1, 0.15) is 5.69 Å². The minimum atomic E-state index is -2.95. The van der Waals surface area contributed by atoms with Gasteiger partial charge in [0.05, 0.1) is 17.1 Å². The van der Waals surface area contributed by atoms with Crippen molar-refractivity contribution in [1.82, 2.24) is 4.98 Å². The first kappa shape index (κ1) is 12.0. The maximum atomic E-state index is 13.0. The zero-order chi connectivity index (χ0) is 11.6. The molecule has 15 heavy (non-hydrogen) atoms. The maximum absolute atomic E-state index is 13.0. The molecular formula is C8H5BrF3NO2. The quantitative estimate of drug-likeness (QED) is 0.619. The number of esters is 1. The number of alkyl halides is 2. The number of rotatable bonds is 2. The predicted octanol–water partition coefficient (Wildman–Crippen LogP) is 2.71. The van der Waals surface area contributed by atoms with Gasteiger partial charge in [-0.25, -0.2) is 18.6 Å². The third-order valence-electron chi connectivity index (χ3n) is 1.57. The SMILES string of the molecule is COC(=O)c1cc(C(F)F)nc(F)c1Br. The molecule has 0 fully saturated rings. The van der Waals surface area contributed by atoms with Crippen LogP contribution in [0.25, 0.3) is 0 Å². The van der Waals surface area contributed by atoms with Gasteiger partial charge in [0, 0.05) is 0 Å². The number of ether oxygens (including phenoxy) is 1. The minimum Gasteiger partial charge on any atom is -0.465 e. The van der Waals surface area contributed by atoms with E-state index < -0.39 is 24.0 Å². The van der Waals surface area contributed by atoms with Crippen molar-refractivity contribution in [3.05, 3.63) is 27.7 Å². The van der Waals surface area contributed by atoms with Crippen LogP contribution in [0.4, 0.5) is 13.2 Å². The van der Waals surface area contributed by atoms with Crippen molar-refractivity contribution in [2.24, 2.45) is 0 Å². The molecule has 0 spiro atoms. The van der Waals surface area contributed by atoms with Crippen LogP contribution in [0.5, 0.6) is 0 Å². The molecule has 1 aromatic heterocycles. The van der Waals surface area contributed by atoms with Crippen LogP contribution < -0.4 is 0 Å². The van der Waals surface area contributed by atoms with Crippen LogP contribution in [0.15, 0.2) is 10.5 Å². The average molecular weight is 284 g/mol. The summed E-state index contributed by atoms with van der Waals surface area (Å²) >= 11 is 2.72. The number of hydrogen-bond acceptors (Lipinski definition) is 3. The van der Waals surface area contributed by atoms with E-state index in [2.05, 4.69) is 25.7 Å². The van der Waals surface area contributed by atoms with Gasteiger partial charge in [-0.1, -0.05) is 0 Å². The highest BCUT2D eigenvalue weighted by Gasteiger charge is 2.20. The Labute approximate surface area is 91.4 Å². The molecule has 1 heterocycles. The molecular weight excluding hydrogens is 279 g/mol. The molecule has 1 rings (SSSR count). The second kappa shape index (κ2) is 4.61. The van der Waals surface area contributed by atoms with Crippen molar-refractivity contribution in [3.63, 3.8) is 0 Å². The topological polar surface area (TPSA) is 39.2 Å². The highest BCUT2D eigenvalue weighted by molar-refractivity contribution is 9.10. The molecule has 0 saturated heterocycles. The van der Waals surface area contributed by atoms with Gasteiger partial charge in [-0.3, -0.25) is 0 Å². The average Bonchev–Trinajstić information content (AvgIpc) is 2.20. The van der Waals surface area contributed by atoms with Crippen LogP contribution in [-0.2, 0) is 4.74 Å². The Hall–Kier alpha value is -1.11. The van der Waals surface area contributed by atoms with Gasteiger partial charge in [0.2, 0.25) is 5.95 Å². The number of carbonyl (C=O) groups excluding carboxylic acids is 1.